The standard InChI is InChI=1S/C19H16ClF2NO5/c1-25-15-8-11(9-16-18(15)27-7-6-26-16)2-5-17(24)23-12-3-4-14(13(20)10-12)28-19(21)22/h2-5,8-10,19H,6-7H2,1H3,(H,23,24). The normalized spacial score (nSPS) is 12.9. The molecule has 9 heteroatoms. The summed E-state index contributed by atoms with van der Waals surface area (Å²) in [4.78, 5) is 12.1. The number of hydrogen-bond acceptors (Lipinski definition) is 5. The molecule has 1 aliphatic heterocycles. The van der Waals surface area contributed by atoms with E-state index in [-0.39, 0.29) is 10.8 Å². The second kappa shape index (κ2) is 8.79. The molecule has 0 saturated carbocycles. The lowest BCUT2D eigenvalue weighted by Gasteiger charge is -2.20. The highest BCUT2D eigenvalue weighted by atomic mass is 35.5. The Morgan fingerprint density at radius 2 is 2.00 bits per heavy atom. The number of halogens is 3. The van der Waals surface area contributed by atoms with Gasteiger partial charge in [0.25, 0.3) is 0 Å². The largest absolute Gasteiger partial charge is 0.493 e. The minimum Gasteiger partial charge on any atom is -0.493 e. The molecule has 0 unspecified atom stereocenters. The van der Waals surface area contributed by atoms with Crippen molar-refractivity contribution in [1.82, 2.24) is 0 Å². The maximum Gasteiger partial charge on any atom is 0.387 e. The van der Waals surface area contributed by atoms with Crippen LogP contribution < -0.4 is 24.3 Å². The molecule has 0 aliphatic carbocycles. The molecule has 1 heterocycles. The molecule has 0 aromatic heterocycles. The summed E-state index contributed by atoms with van der Waals surface area (Å²) in [6.07, 6.45) is 2.88. The number of carbonyl (C=O) groups is 1. The Morgan fingerprint density at radius 1 is 1.21 bits per heavy atom. The zero-order chi connectivity index (χ0) is 20.1. The lowest BCUT2D eigenvalue weighted by Crippen LogP contribution is -2.16. The van der Waals surface area contributed by atoms with E-state index in [2.05, 4.69) is 10.1 Å². The first kappa shape index (κ1) is 19.8. The van der Waals surface area contributed by atoms with Crippen molar-refractivity contribution >= 4 is 29.3 Å². The van der Waals surface area contributed by atoms with E-state index in [9.17, 15) is 13.6 Å². The Kier molecular flexibility index (Phi) is 6.20. The molecule has 148 valence electrons. The summed E-state index contributed by atoms with van der Waals surface area (Å²) in [6.45, 7) is -2.12. The first-order valence-electron chi connectivity index (χ1n) is 8.17. The van der Waals surface area contributed by atoms with Gasteiger partial charge in [-0.2, -0.15) is 8.78 Å². The number of alkyl halides is 2. The van der Waals surface area contributed by atoms with Gasteiger partial charge in [-0.05, 0) is 42.0 Å². The summed E-state index contributed by atoms with van der Waals surface area (Å²) in [5.41, 5.74) is 1.01. The van der Waals surface area contributed by atoms with Crippen LogP contribution >= 0.6 is 11.6 Å². The number of nitrogens with one attached hydrogen (secondary N) is 1. The Balaban J connectivity index is 1.69. The van der Waals surface area contributed by atoms with E-state index in [1.54, 1.807) is 18.2 Å². The molecule has 0 radical (unpaired) electrons. The van der Waals surface area contributed by atoms with Crippen molar-refractivity contribution in [3.05, 3.63) is 47.0 Å². The SMILES string of the molecule is COc1cc(C=CC(=O)Nc2ccc(OC(F)F)c(Cl)c2)cc2c1OCCO2. The number of benzene rings is 2. The predicted molar refractivity (Wildman–Crippen MR) is 99.7 cm³/mol. The third kappa shape index (κ3) is 4.83. The Morgan fingerprint density at radius 3 is 2.71 bits per heavy atom. The van der Waals surface area contributed by atoms with Crippen LogP contribution in [0.3, 0.4) is 0 Å². The Bertz CT molecular complexity index is 887. The smallest absolute Gasteiger partial charge is 0.387 e. The van der Waals surface area contributed by atoms with Gasteiger partial charge in [-0.3, -0.25) is 4.79 Å². The lowest BCUT2D eigenvalue weighted by molar-refractivity contribution is -0.111. The first-order chi connectivity index (χ1) is 13.5. The number of anilines is 1. The van der Waals surface area contributed by atoms with Crippen LogP contribution in [0, 0.1) is 0 Å². The van der Waals surface area contributed by atoms with Crippen LogP contribution in [0.1, 0.15) is 5.56 Å². The number of amides is 1. The van der Waals surface area contributed by atoms with E-state index in [0.29, 0.717) is 41.7 Å². The molecular weight excluding hydrogens is 396 g/mol. The van der Waals surface area contributed by atoms with E-state index in [1.807, 2.05) is 0 Å². The number of ether oxygens (including phenoxy) is 4. The highest BCUT2D eigenvalue weighted by molar-refractivity contribution is 6.32. The number of methoxy groups -OCH3 is 1. The number of carbonyl (C=O) groups excluding carboxylic acids is 1. The molecule has 0 saturated heterocycles. The van der Waals surface area contributed by atoms with E-state index in [4.69, 9.17) is 25.8 Å². The minimum absolute atomic E-state index is 0.0429. The van der Waals surface area contributed by atoms with E-state index < -0.39 is 12.5 Å². The molecule has 6 nitrogen and oxygen atoms in total. The number of fused-ring (bicyclic) bond motifs is 1. The molecule has 28 heavy (non-hydrogen) atoms. The maximum atomic E-state index is 12.2. The van der Waals surface area contributed by atoms with Crippen LogP contribution in [-0.4, -0.2) is 32.8 Å². The quantitative estimate of drug-likeness (QED) is 0.715. The van der Waals surface area contributed by atoms with Gasteiger partial charge in [0.1, 0.15) is 19.0 Å². The second-order valence-corrected chi connectivity index (χ2v) is 6.00. The molecule has 2 aromatic rings. The van der Waals surface area contributed by atoms with Crippen molar-refractivity contribution in [3.63, 3.8) is 0 Å². The zero-order valence-corrected chi connectivity index (χ0v) is 15.5. The molecule has 3 rings (SSSR count). The average molecular weight is 412 g/mol. The topological polar surface area (TPSA) is 66.0 Å². The monoisotopic (exact) mass is 411 g/mol. The van der Waals surface area contributed by atoms with Gasteiger partial charge in [0, 0.05) is 11.8 Å². The van der Waals surface area contributed by atoms with Crippen LogP contribution in [0.25, 0.3) is 6.08 Å². The molecule has 1 amide bonds. The van der Waals surface area contributed by atoms with Crippen molar-refractivity contribution in [3.8, 4) is 23.0 Å². The summed E-state index contributed by atoms with van der Waals surface area (Å²) >= 11 is 5.86. The summed E-state index contributed by atoms with van der Waals surface area (Å²) < 4.78 is 45.1. The zero-order valence-electron chi connectivity index (χ0n) is 14.7. The van der Waals surface area contributed by atoms with Crippen LogP contribution in [-0.2, 0) is 4.79 Å². The van der Waals surface area contributed by atoms with Crippen molar-refractivity contribution in [2.75, 3.05) is 25.6 Å². The molecule has 1 aliphatic rings. The molecular formula is C19H16ClF2NO5. The molecule has 0 fully saturated rings. The highest BCUT2D eigenvalue weighted by Crippen LogP contribution is 2.40. The van der Waals surface area contributed by atoms with Gasteiger partial charge in [0.05, 0.1) is 12.1 Å². The first-order valence-corrected chi connectivity index (χ1v) is 8.55. The van der Waals surface area contributed by atoms with Crippen molar-refractivity contribution in [2.45, 2.75) is 6.61 Å². The minimum atomic E-state index is -2.98. The second-order valence-electron chi connectivity index (χ2n) is 5.59. The van der Waals surface area contributed by atoms with Gasteiger partial charge in [-0.1, -0.05) is 11.6 Å². The third-order valence-electron chi connectivity index (χ3n) is 3.69. The third-order valence-corrected chi connectivity index (χ3v) is 3.99. The molecule has 0 atom stereocenters. The molecule has 0 bridgehead atoms. The fourth-order valence-corrected chi connectivity index (χ4v) is 2.74. The van der Waals surface area contributed by atoms with Gasteiger partial charge < -0.3 is 24.3 Å². The lowest BCUT2D eigenvalue weighted by atomic mass is 10.1. The number of rotatable bonds is 6. The van der Waals surface area contributed by atoms with Crippen molar-refractivity contribution < 1.29 is 32.5 Å². The van der Waals surface area contributed by atoms with Gasteiger partial charge >= 0.3 is 6.61 Å². The fourth-order valence-electron chi connectivity index (χ4n) is 2.52. The Labute approximate surface area is 164 Å². The van der Waals surface area contributed by atoms with Gasteiger partial charge in [0.2, 0.25) is 11.7 Å². The predicted octanol–water partition coefficient (Wildman–Crippen LogP) is 4.37. The van der Waals surface area contributed by atoms with Crippen LogP contribution in [0.2, 0.25) is 5.02 Å². The van der Waals surface area contributed by atoms with Crippen LogP contribution in [0.5, 0.6) is 23.0 Å². The van der Waals surface area contributed by atoms with E-state index in [1.165, 1.54) is 31.4 Å². The summed E-state index contributed by atoms with van der Waals surface area (Å²) in [7, 11) is 1.51. The molecule has 1 N–H and O–H groups in total. The summed E-state index contributed by atoms with van der Waals surface area (Å²) in [5, 5.41) is 2.54. The fraction of sp³-hybridized carbons (Fsp3) is 0.211. The van der Waals surface area contributed by atoms with Crippen LogP contribution in [0.15, 0.2) is 36.4 Å². The van der Waals surface area contributed by atoms with Gasteiger partial charge in [-0.15, -0.1) is 0 Å². The molecule has 2 aromatic carbocycles. The average Bonchev–Trinajstić information content (AvgIpc) is 2.67. The maximum absolute atomic E-state index is 12.2. The van der Waals surface area contributed by atoms with Crippen molar-refractivity contribution in [2.24, 2.45) is 0 Å². The van der Waals surface area contributed by atoms with E-state index >= 15 is 0 Å². The van der Waals surface area contributed by atoms with E-state index in [0.717, 1.165) is 0 Å². The van der Waals surface area contributed by atoms with Crippen molar-refractivity contribution in [1.29, 1.82) is 0 Å². The molecule has 0 spiro atoms. The van der Waals surface area contributed by atoms with Gasteiger partial charge in [0.15, 0.2) is 11.5 Å². The summed E-state index contributed by atoms with van der Waals surface area (Å²) in [5.74, 6) is 0.947. The number of hydrogen-bond donors (Lipinski definition) is 1. The highest BCUT2D eigenvalue weighted by Gasteiger charge is 2.18. The summed E-state index contributed by atoms with van der Waals surface area (Å²) in [6, 6.07) is 7.42. The Hall–Kier alpha value is -3.00. The van der Waals surface area contributed by atoms with Gasteiger partial charge in [-0.25, -0.2) is 0 Å². The van der Waals surface area contributed by atoms with Crippen LogP contribution in [0.4, 0.5) is 14.5 Å².